The highest BCUT2D eigenvalue weighted by Gasteiger charge is 2.46. The molecule has 1 aliphatic heterocycles. The quantitative estimate of drug-likeness (QED) is 0.899. The molecule has 0 amide bonds. The van der Waals surface area contributed by atoms with Crippen molar-refractivity contribution in [3.8, 4) is 11.5 Å². The third-order valence-corrected chi connectivity index (χ3v) is 5.16. The van der Waals surface area contributed by atoms with Gasteiger partial charge in [-0.1, -0.05) is 12.8 Å². The Hall–Kier alpha value is -1.26. The number of methoxy groups -OCH3 is 2. The van der Waals surface area contributed by atoms with E-state index in [1.54, 1.807) is 14.2 Å². The molecule has 116 valence electrons. The molecule has 0 radical (unpaired) electrons. The summed E-state index contributed by atoms with van der Waals surface area (Å²) < 4.78 is 10.9. The van der Waals surface area contributed by atoms with Gasteiger partial charge in [-0.3, -0.25) is 0 Å². The van der Waals surface area contributed by atoms with E-state index in [0.29, 0.717) is 0 Å². The molecule has 1 aromatic rings. The van der Waals surface area contributed by atoms with Crippen molar-refractivity contribution in [2.45, 2.75) is 43.7 Å². The zero-order chi connectivity index (χ0) is 14.9. The predicted octanol–water partition coefficient (Wildman–Crippen LogP) is 2.66. The largest absolute Gasteiger partial charge is 0.497 e. The number of ether oxygens (including phenoxy) is 2. The van der Waals surface area contributed by atoms with Crippen molar-refractivity contribution in [2.24, 2.45) is 5.92 Å². The summed E-state index contributed by atoms with van der Waals surface area (Å²) >= 11 is 0. The number of nitrogens with one attached hydrogen (secondary N) is 1. The van der Waals surface area contributed by atoms with Gasteiger partial charge in [-0.15, -0.1) is 0 Å². The van der Waals surface area contributed by atoms with E-state index in [9.17, 15) is 5.11 Å². The van der Waals surface area contributed by atoms with Crippen LogP contribution in [0.4, 0.5) is 0 Å². The Kier molecular flexibility index (Phi) is 4.09. The number of fused-ring (bicyclic) bond motifs is 1. The summed E-state index contributed by atoms with van der Waals surface area (Å²) in [6, 6.07) is 6.04. The number of hydrogen-bond acceptors (Lipinski definition) is 4. The smallest absolute Gasteiger partial charge is 0.123 e. The maximum Gasteiger partial charge on any atom is 0.123 e. The van der Waals surface area contributed by atoms with E-state index in [1.165, 1.54) is 6.42 Å². The van der Waals surface area contributed by atoms with Gasteiger partial charge in [-0.25, -0.2) is 0 Å². The Morgan fingerprint density at radius 1 is 1.19 bits per heavy atom. The lowest BCUT2D eigenvalue weighted by Crippen LogP contribution is -2.53. The number of rotatable bonds is 3. The molecule has 2 aliphatic rings. The van der Waals surface area contributed by atoms with Crippen molar-refractivity contribution in [2.75, 3.05) is 20.8 Å². The summed E-state index contributed by atoms with van der Waals surface area (Å²) in [4.78, 5) is 0. The van der Waals surface area contributed by atoms with E-state index in [0.717, 1.165) is 49.3 Å². The maximum absolute atomic E-state index is 11.0. The number of piperidine rings is 1. The van der Waals surface area contributed by atoms with E-state index in [2.05, 4.69) is 5.32 Å². The predicted molar refractivity (Wildman–Crippen MR) is 81.8 cm³/mol. The van der Waals surface area contributed by atoms with Gasteiger partial charge in [-0.05, 0) is 44.0 Å². The van der Waals surface area contributed by atoms with Crippen molar-refractivity contribution in [3.05, 3.63) is 23.8 Å². The molecule has 0 spiro atoms. The zero-order valence-electron chi connectivity index (χ0n) is 12.9. The fraction of sp³-hybridized carbons (Fsp3) is 0.647. The van der Waals surface area contributed by atoms with Crippen LogP contribution < -0.4 is 14.8 Å². The number of hydrogen-bond donors (Lipinski definition) is 2. The van der Waals surface area contributed by atoms with E-state index >= 15 is 0 Å². The lowest BCUT2D eigenvalue weighted by Gasteiger charge is -2.48. The Morgan fingerprint density at radius 3 is 2.81 bits per heavy atom. The van der Waals surface area contributed by atoms with Gasteiger partial charge in [0, 0.05) is 17.5 Å². The molecular formula is C17H25NO3. The van der Waals surface area contributed by atoms with Crippen LogP contribution in [0.1, 0.15) is 43.7 Å². The molecule has 3 rings (SSSR count). The van der Waals surface area contributed by atoms with Gasteiger partial charge < -0.3 is 19.9 Å². The van der Waals surface area contributed by atoms with Crippen molar-refractivity contribution < 1.29 is 14.6 Å². The SMILES string of the molecule is COc1ccc(OC)c([C@H]2NCC[C@@]3(O)CCCC[C@@H]23)c1. The Morgan fingerprint density at radius 2 is 2.05 bits per heavy atom. The Labute approximate surface area is 126 Å². The summed E-state index contributed by atoms with van der Waals surface area (Å²) in [7, 11) is 3.37. The Balaban J connectivity index is 1.98. The van der Waals surface area contributed by atoms with Gasteiger partial charge in [0.15, 0.2) is 0 Å². The van der Waals surface area contributed by atoms with Gasteiger partial charge in [0.1, 0.15) is 11.5 Å². The molecule has 1 aromatic carbocycles. The summed E-state index contributed by atoms with van der Waals surface area (Å²) in [6.07, 6.45) is 5.16. The van der Waals surface area contributed by atoms with Gasteiger partial charge in [-0.2, -0.15) is 0 Å². The highest BCUT2D eigenvalue weighted by Crippen LogP contribution is 2.47. The van der Waals surface area contributed by atoms with Gasteiger partial charge in [0.05, 0.1) is 19.8 Å². The molecule has 1 saturated carbocycles. The molecule has 0 aromatic heterocycles. The van der Waals surface area contributed by atoms with Gasteiger partial charge >= 0.3 is 0 Å². The summed E-state index contributed by atoms with van der Waals surface area (Å²) in [5, 5.41) is 14.6. The maximum atomic E-state index is 11.0. The average Bonchev–Trinajstić information content (AvgIpc) is 2.53. The molecule has 2 fully saturated rings. The van der Waals surface area contributed by atoms with Crippen LogP contribution in [0.25, 0.3) is 0 Å². The van der Waals surface area contributed by atoms with Crippen LogP contribution >= 0.6 is 0 Å². The second-order valence-corrected chi connectivity index (χ2v) is 6.25. The minimum Gasteiger partial charge on any atom is -0.497 e. The van der Waals surface area contributed by atoms with Crippen LogP contribution in [0.5, 0.6) is 11.5 Å². The fourth-order valence-corrected chi connectivity index (χ4v) is 4.03. The van der Waals surface area contributed by atoms with Crippen molar-refractivity contribution in [1.29, 1.82) is 0 Å². The van der Waals surface area contributed by atoms with Crippen LogP contribution in [0.3, 0.4) is 0 Å². The van der Waals surface area contributed by atoms with Gasteiger partial charge in [0.2, 0.25) is 0 Å². The molecule has 1 aliphatic carbocycles. The van der Waals surface area contributed by atoms with Gasteiger partial charge in [0.25, 0.3) is 0 Å². The molecule has 0 bridgehead atoms. The van der Waals surface area contributed by atoms with Crippen molar-refractivity contribution >= 4 is 0 Å². The minimum absolute atomic E-state index is 0.133. The highest BCUT2D eigenvalue weighted by atomic mass is 16.5. The second-order valence-electron chi connectivity index (χ2n) is 6.25. The zero-order valence-corrected chi connectivity index (χ0v) is 12.9. The molecule has 0 unspecified atom stereocenters. The molecule has 4 nitrogen and oxygen atoms in total. The lowest BCUT2D eigenvalue weighted by molar-refractivity contribution is -0.0863. The molecule has 1 saturated heterocycles. The van der Waals surface area contributed by atoms with Crippen molar-refractivity contribution in [1.82, 2.24) is 5.32 Å². The second kappa shape index (κ2) is 5.85. The summed E-state index contributed by atoms with van der Waals surface area (Å²) in [6.45, 7) is 0.845. The fourth-order valence-electron chi connectivity index (χ4n) is 4.03. The minimum atomic E-state index is -0.526. The van der Waals surface area contributed by atoms with Crippen LogP contribution in [-0.4, -0.2) is 31.5 Å². The molecule has 4 heteroatoms. The molecule has 3 atom stereocenters. The first kappa shape index (κ1) is 14.7. The Bertz CT molecular complexity index is 501. The monoisotopic (exact) mass is 291 g/mol. The third-order valence-electron chi connectivity index (χ3n) is 5.16. The van der Waals surface area contributed by atoms with Crippen LogP contribution in [0.2, 0.25) is 0 Å². The first-order chi connectivity index (χ1) is 10.2. The molecular weight excluding hydrogens is 266 g/mol. The molecule has 1 heterocycles. The average molecular weight is 291 g/mol. The van der Waals surface area contributed by atoms with Crippen molar-refractivity contribution in [3.63, 3.8) is 0 Å². The first-order valence-electron chi connectivity index (χ1n) is 7.85. The van der Waals surface area contributed by atoms with E-state index in [-0.39, 0.29) is 12.0 Å². The topological polar surface area (TPSA) is 50.7 Å². The normalized spacial score (nSPS) is 32.3. The third kappa shape index (κ3) is 2.62. The lowest BCUT2D eigenvalue weighted by atomic mass is 9.66. The van der Waals surface area contributed by atoms with Crippen LogP contribution in [0, 0.1) is 5.92 Å². The summed E-state index contributed by atoms with van der Waals surface area (Å²) in [5.41, 5.74) is 0.573. The first-order valence-corrected chi connectivity index (χ1v) is 7.85. The molecule has 21 heavy (non-hydrogen) atoms. The number of benzene rings is 1. The van der Waals surface area contributed by atoms with E-state index < -0.39 is 5.60 Å². The standard InChI is InChI=1S/C17H25NO3/c1-20-12-6-7-15(21-2)13(11-12)16-14-5-3-4-8-17(14,19)9-10-18-16/h6-7,11,14,16,18-19H,3-5,8-10H2,1-2H3/t14-,16+,17-/m0/s1. The molecule has 2 N–H and O–H groups in total. The highest BCUT2D eigenvalue weighted by molar-refractivity contribution is 5.43. The number of aliphatic hydroxyl groups is 1. The van der Waals surface area contributed by atoms with Crippen LogP contribution in [0.15, 0.2) is 18.2 Å². The summed E-state index contributed by atoms with van der Waals surface area (Å²) in [5.74, 6) is 1.95. The van der Waals surface area contributed by atoms with Crippen LogP contribution in [-0.2, 0) is 0 Å². The van der Waals surface area contributed by atoms with E-state index in [4.69, 9.17) is 9.47 Å². The van der Waals surface area contributed by atoms with E-state index in [1.807, 2.05) is 18.2 Å².